The molecule has 7 heteroatoms. The van der Waals surface area contributed by atoms with Gasteiger partial charge in [-0.25, -0.2) is 13.1 Å². The summed E-state index contributed by atoms with van der Waals surface area (Å²) in [6, 6.07) is 8.65. The smallest absolute Gasteiger partial charge is 0.258 e. The van der Waals surface area contributed by atoms with Crippen LogP contribution in [-0.2, 0) is 14.8 Å². The number of amides is 1. The molecule has 0 aromatic heterocycles. The Morgan fingerprint density at radius 1 is 1.19 bits per heavy atom. The molecule has 0 radical (unpaired) electrons. The van der Waals surface area contributed by atoms with Crippen molar-refractivity contribution in [3.63, 3.8) is 0 Å². The number of carbonyl (C=O) groups excluding carboxylic acids is 1. The zero-order valence-corrected chi connectivity index (χ0v) is 16.2. The van der Waals surface area contributed by atoms with E-state index in [0.717, 1.165) is 43.5 Å². The third kappa shape index (κ3) is 3.24. The Morgan fingerprint density at radius 2 is 1.96 bits per heavy atom. The normalized spacial score (nSPS) is 17.8. The molecule has 2 aromatic carbocycles. The zero-order chi connectivity index (χ0) is 19.0. The average Bonchev–Trinajstić information content (AvgIpc) is 2.96. The number of sulfonamides is 1. The average molecular weight is 388 g/mol. The molecule has 1 amide bonds. The van der Waals surface area contributed by atoms with Gasteiger partial charge in [0.2, 0.25) is 10.0 Å². The van der Waals surface area contributed by atoms with E-state index in [4.69, 9.17) is 4.74 Å². The number of anilines is 1. The number of nitrogens with one attached hydrogen (secondary N) is 1. The highest BCUT2D eigenvalue weighted by molar-refractivity contribution is 7.89. The molecule has 2 aliphatic rings. The van der Waals surface area contributed by atoms with Gasteiger partial charge in [0, 0.05) is 42.6 Å². The van der Waals surface area contributed by atoms with Gasteiger partial charge in [0.05, 0.1) is 10.6 Å². The van der Waals surface area contributed by atoms with Crippen LogP contribution in [0.2, 0.25) is 0 Å². The van der Waals surface area contributed by atoms with Crippen LogP contribution >= 0.6 is 0 Å². The van der Waals surface area contributed by atoms with Gasteiger partial charge in [0.1, 0.15) is 0 Å². The van der Waals surface area contributed by atoms with Gasteiger partial charge in [-0.2, -0.15) is 0 Å². The monoisotopic (exact) mass is 388 g/mol. The van der Waals surface area contributed by atoms with Crippen molar-refractivity contribution in [2.45, 2.75) is 31.1 Å². The molecule has 0 bridgehead atoms. The Hall–Kier alpha value is -1.96. The molecule has 2 aliphatic heterocycles. The summed E-state index contributed by atoms with van der Waals surface area (Å²) in [6.45, 7) is 4.40. The Bertz CT molecular complexity index is 981. The molecule has 2 heterocycles. The summed E-state index contributed by atoms with van der Waals surface area (Å²) in [6.07, 6.45) is 2.78. The van der Waals surface area contributed by atoms with Crippen LogP contribution in [0.5, 0.6) is 0 Å². The molecule has 1 fully saturated rings. The molecule has 0 atom stereocenters. The summed E-state index contributed by atoms with van der Waals surface area (Å²) in [4.78, 5) is 14.5. The number of ether oxygens (including phenoxy) is 1. The summed E-state index contributed by atoms with van der Waals surface area (Å²) in [7, 11) is -3.65. The third-order valence-electron chi connectivity index (χ3n) is 5.54. The van der Waals surface area contributed by atoms with E-state index in [9.17, 15) is 13.2 Å². The Balaban J connectivity index is 1.62. The molecular formula is C20H24N2O4S. The highest BCUT2D eigenvalue weighted by Crippen LogP contribution is 2.39. The number of nitrogens with zero attached hydrogens (tertiary/aromatic N) is 1. The molecule has 6 nitrogen and oxygen atoms in total. The SMILES string of the molecule is CCN1C(=O)c2cccc3c(S(=O)(=O)NCCC4CCOCC4)ccc1c23. The molecular weight excluding hydrogens is 364 g/mol. The summed E-state index contributed by atoms with van der Waals surface area (Å²) < 4.78 is 34.0. The standard InChI is InChI=1S/C20H24N2O4S/c1-2-22-17-6-7-18(15-4-3-5-16(19(15)17)20(22)23)27(24,25)21-11-8-14-9-12-26-13-10-14/h3-7,14,21H,2,8-13H2,1H3. The lowest BCUT2D eigenvalue weighted by molar-refractivity contribution is 0.0644. The largest absolute Gasteiger partial charge is 0.381 e. The van der Waals surface area contributed by atoms with E-state index in [-0.39, 0.29) is 10.8 Å². The maximum Gasteiger partial charge on any atom is 0.258 e. The maximum absolute atomic E-state index is 12.9. The molecule has 0 spiro atoms. The van der Waals surface area contributed by atoms with Crippen LogP contribution in [-0.4, -0.2) is 40.6 Å². The van der Waals surface area contributed by atoms with Crippen LogP contribution in [0.15, 0.2) is 35.2 Å². The lowest BCUT2D eigenvalue weighted by Crippen LogP contribution is -2.28. The first-order valence-electron chi connectivity index (χ1n) is 9.48. The van der Waals surface area contributed by atoms with Crippen LogP contribution in [0.3, 0.4) is 0 Å². The molecule has 1 saturated heterocycles. The lowest BCUT2D eigenvalue weighted by Gasteiger charge is -2.22. The van der Waals surface area contributed by atoms with E-state index < -0.39 is 10.0 Å². The Labute approximate surface area is 159 Å². The van der Waals surface area contributed by atoms with E-state index in [0.29, 0.717) is 30.0 Å². The fourth-order valence-electron chi connectivity index (χ4n) is 4.08. The van der Waals surface area contributed by atoms with Crippen LogP contribution in [0.4, 0.5) is 5.69 Å². The topological polar surface area (TPSA) is 75.7 Å². The first kappa shape index (κ1) is 18.4. The quantitative estimate of drug-likeness (QED) is 0.826. The minimum absolute atomic E-state index is 0.0693. The lowest BCUT2D eigenvalue weighted by atomic mass is 9.97. The van der Waals surface area contributed by atoms with E-state index in [2.05, 4.69) is 4.72 Å². The first-order valence-corrected chi connectivity index (χ1v) is 11.0. The van der Waals surface area contributed by atoms with Gasteiger partial charge in [-0.1, -0.05) is 12.1 Å². The highest BCUT2D eigenvalue weighted by atomic mass is 32.2. The van der Waals surface area contributed by atoms with Crippen LogP contribution in [0, 0.1) is 5.92 Å². The van der Waals surface area contributed by atoms with Crippen molar-refractivity contribution in [2.75, 3.05) is 31.2 Å². The van der Waals surface area contributed by atoms with Crippen molar-refractivity contribution in [3.05, 3.63) is 35.9 Å². The van der Waals surface area contributed by atoms with E-state index in [1.165, 1.54) is 0 Å². The molecule has 0 saturated carbocycles. The predicted molar refractivity (Wildman–Crippen MR) is 105 cm³/mol. The molecule has 0 unspecified atom stereocenters. The number of benzene rings is 2. The van der Waals surface area contributed by atoms with Crippen molar-refractivity contribution in [1.82, 2.24) is 4.72 Å². The van der Waals surface area contributed by atoms with E-state index in [1.807, 2.05) is 6.92 Å². The second kappa shape index (κ2) is 7.22. The van der Waals surface area contributed by atoms with Crippen LogP contribution in [0.1, 0.15) is 36.5 Å². The van der Waals surface area contributed by atoms with E-state index in [1.54, 1.807) is 35.2 Å². The third-order valence-corrected chi connectivity index (χ3v) is 7.06. The minimum atomic E-state index is -3.65. The van der Waals surface area contributed by atoms with Crippen molar-refractivity contribution in [1.29, 1.82) is 0 Å². The van der Waals surface area contributed by atoms with Gasteiger partial charge in [0.15, 0.2) is 0 Å². The molecule has 27 heavy (non-hydrogen) atoms. The van der Waals surface area contributed by atoms with Gasteiger partial charge in [-0.15, -0.1) is 0 Å². The summed E-state index contributed by atoms with van der Waals surface area (Å²) >= 11 is 0. The summed E-state index contributed by atoms with van der Waals surface area (Å²) in [5.41, 5.74) is 1.36. The molecule has 2 aromatic rings. The van der Waals surface area contributed by atoms with Gasteiger partial charge >= 0.3 is 0 Å². The number of rotatable bonds is 6. The maximum atomic E-state index is 12.9. The fraction of sp³-hybridized carbons (Fsp3) is 0.450. The van der Waals surface area contributed by atoms with Gasteiger partial charge in [-0.05, 0) is 50.3 Å². The van der Waals surface area contributed by atoms with Crippen molar-refractivity contribution in [2.24, 2.45) is 5.92 Å². The van der Waals surface area contributed by atoms with Gasteiger partial charge in [-0.3, -0.25) is 4.79 Å². The second-order valence-corrected chi connectivity index (χ2v) is 8.84. The summed E-state index contributed by atoms with van der Waals surface area (Å²) in [5, 5.41) is 1.34. The molecule has 4 rings (SSSR count). The van der Waals surface area contributed by atoms with Gasteiger partial charge in [0.25, 0.3) is 5.91 Å². The van der Waals surface area contributed by atoms with E-state index >= 15 is 0 Å². The Kier molecular flexibility index (Phi) is 4.92. The second-order valence-electron chi connectivity index (χ2n) is 7.10. The Morgan fingerprint density at radius 3 is 2.70 bits per heavy atom. The minimum Gasteiger partial charge on any atom is -0.381 e. The molecule has 144 valence electrons. The zero-order valence-electron chi connectivity index (χ0n) is 15.4. The van der Waals surface area contributed by atoms with Gasteiger partial charge < -0.3 is 9.64 Å². The molecule has 0 aliphatic carbocycles. The number of carbonyl (C=O) groups is 1. The van der Waals surface area contributed by atoms with Crippen molar-refractivity contribution < 1.29 is 17.9 Å². The number of hydrogen-bond donors (Lipinski definition) is 1. The van der Waals surface area contributed by atoms with Crippen LogP contribution < -0.4 is 9.62 Å². The van der Waals surface area contributed by atoms with Crippen molar-refractivity contribution >= 4 is 32.4 Å². The number of hydrogen-bond acceptors (Lipinski definition) is 4. The highest BCUT2D eigenvalue weighted by Gasteiger charge is 2.31. The molecule has 1 N–H and O–H groups in total. The summed E-state index contributed by atoms with van der Waals surface area (Å²) in [5.74, 6) is 0.435. The first-order chi connectivity index (χ1) is 13.0. The van der Waals surface area contributed by atoms with Crippen molar-refractivity contribution in [3.8, 4) is 0 Å². The predicted octanol–water partition coefficient (Wildman–Crippen LogP) is 2.91. The fourth-order valence-corrected chi connectivity index (χ4v) is 5.33. The van der Waals surface area contributed by atoms with Crippen LogP contribution in [0.25, 0.3) is 10.8 Å².